The van der Waals surface area contributed by atoms with Gasteiger partial charge in [-0.1, -0.05) is 24.3 Å². The Bertz CT molecular complexity index is 501. The van der Waals surface area contributed by atoms with Crippen LogP contribution in [0.5, 0.6) is 0 Å². The Kier molecular flexibility index (Phi) is 3.41. The first-order valence-electron chi connectivity index (χ1n) is 5.95. The molecule has 94 valence electrons. The molecule has 0 atom stereocenters. The maximum Gasteiger partial charge on any atom is 0.148 e. The van der Waals surface area contributed by atoms with E-state index in [1.54, 1.807) is 19.1 Å². The van der Waals surface area contributed by atoms with Crippen molar-refractivity contribution in [2.75, 3.05) is 0 Å². The van der Waals surface area contributed by atoms with Gasteiger partial charge in [-0.05, 0) is 30.5 Å². The highest BCUT2D eigenvalue weighted by Gasteiger charge is 2.36. The van der Waals surface area contributed by atoms with Gasteiger partial charge in [-0.2, -0.15) is 0 Å². The van der Waals surface area contributed by atoms with Crippen molar-refractivity contribution in [2.45, 2.75) is 25.7 Å². The highest BCUT2D eigenvalue weighted by Crippen LogP contribution is 2.34. The second kappa shape index (κ2) is 4.84. The van der Waals surface area contributed by atoms with Crippen molar-refractivity contribution < 1.29 is 14.0 Å². The van der Waals surface area contributed by atoms with Crippen LogP contribution in [0.3, 0.4) is 0 Å². The molecule has 0 aromatic heterocycles. The largest absolute Gasteiger partial charge is 0.299 e. The van der Waals surface area contributed by atoms with Gasteiger partial charge in [0, 0.05) is 12.8 Å². The maximum atomic E-state index is 13.1. The molecule has 0 unspecified atom stereocenters. The van der Waals surface area contributed by atoms with Gasteiger partial charge in [0.15, 0.2) is 0 Å². The van der Waals surface area contributed by atoms with Crippen molar-refractivity contribution >= 4 is 11.6 Å². The van der Waals surface area contributed by atoms with Crippen LogP contribution in [0.2, 0.25) is 0 Å². The fraction of sp³-hybridized carbons (Fsp3) is 0.333. The first-order valence-corrected chi connectivity index (χ1v) is 5.95. The van der Waals surface area contributed by atoms with Gasteiger partial charge < -0.3 is 0 Å². The van der Waals surface area contributed by atoms with Crippen LogP contribution >= 0.6 is 0 Å². The molecule has 1 saturated carbocycles. The molecule has 0 bridgehead atoms. The van der Waals surface area contributed by atoms with Crippen molar-refractivity contribution in [2.24, 2.45) is 5.92 Å². The minimum absolute atomic E-state index is 0.104. The predicted molar refractivity (Wildman–Crippen MR) is 66.7 cm³/mol. The number of Topliss-reactive ketones (excluding diaryl/α,β-unsaturated/α-hetero) is 2. The Morgan fingerprint density at radius 2 is 1.89 bits per heavy atom. The highest BCUT2D eigenvalue weighted by atomic mass is 19.1. The van der Waals surface area contributed by atoms with Crippen molar-refractivity contribution in [1.29, 1.82) is 0 Å². The number of rotatable bonds is 2. The summed E-state index contributed by atoms with van der Waals surface area (Å²) >= 11 is 0. The molecule has 0 spiro atoms. The molecule has 2 rings (SSSR count). The highest BCUT2D eigenvalue weighted by molar-refractivity contribution is 6.07. The molecule has 1 aliphatic carbocycles. The van der Waals surface area contributed by atoms with Crippen LogP contribution in [-0.2, 0) is 9.59 Å². The van der Waals surface area contributed by atoms with E-state index < -0.39 is 5.92 Å². The van der Waals surface area contributed by atoms with Crippen molar-refractivity contribution in [3.8, 4) is 0 Å². The number of ketones is 2. The van der Waals surface area contributed by atoms with Crippen LogP contribution in [0.1, 0.15) is 31.2 Å². The molecular weight excluding hydrogens is 231 g/mol. The monoisotopic (exact) mass is 246 g/mol. The molecule has 1 aliphatic rings. The Balaban J connectivity index is 2.23. The topological polar surface area (TPSA) is 34.1 Å². The second-order valence-corrected chi connectivity index (χ2v) is 4.87. The third-order valence-corrected chi connectivity index (χ3v) is 3.35. The molecule has 0 heterocycles. The molecule has 18 heavy (non-hydrogen) atoms. The smallest absolute Gasteiger partial charge is 0.148 e. The average molecular weight is 246 g/mol. The van der Waals surface area contributed by atoms with E-state index >= 15 is 0 Å². The lowest BCUT2D eigenvalue weighted by molar-refractivity contribution is -0.134. The van der Waals surface area contributed by atoms with Gasteiger partial charge in [-0.15, -0.1) is 0 Å². The Morgan fingerprint density at radius 3 is 2.39 bits per heavy atom. The fourth-order valence-corrected chi connectivity index (χ4v) is 2.52. The molecule has 0 amide bonds. The fourth-order valence-electron chi connectivity index (χ4n) is 2.52. The minimum Gasteiger partial charge on any atom is -0.299 e. The van der Waals surface area contributed by atoms with Crippen molar-refractivity contribution in [1.82, 2.24) is 0 Å². The number of hydrogen-bond acceptors (Lipinski definition) is 2. The maximum absolute atomic E-state index is 13.1. The van der Waals surface area contributed by atoms with Crippen LogP contribution in [0, 0.1) is 11.7 Å². The summed E-state index contributed by atoms with van der Waals surface area (Å²) in [7, 11) is 0. The quantitative estimate of drug-likeness (QED) is 0.593. The van der Waals surface area contributed by atoms with Gasteiger partial charge in [0.1, 0.15) is 17.4 Å². The van der Waals surface area contributed by atoms with E-state index in [-0.39, 0.29) is 36.1 Å². The van der Waals surface area contributed by atoms with Crippen molar-refractivity contribution in [3.05, 3.63) is 47.8 Å². The number of benzene rings is 1. The zero-order valence-electron chi connectivity index (χ0n) is 10.3. The summed E-state index contributed by atoms with van der Waals surface area (Å²) in [4.78, 5) is 23.9. The third-order valence-electron chi connectivity index (χ3n) is 3.35. The van der Waals surface area contributed by atoms with E-state index in [9.17, 15) is 14.0 Å². The summed E-state index contributed by atoms with van der Waals surface area (Å²) in [5, 5.41) is 0. The zero-order chi connectivity index (χ0) is 13.3. The molecule has 1 fully saturated rings. The molecule has 1 aromatic carbocycles. The number of hydrogen-bond donors (Lipinski definition) is 0. The van der Waals surface area contributed by atoms with Crippen LogP contribution < -0.4 is 0 Å². The first-order chi connectivity index (χ1) is 8.49. The lowest BCUT2D eigenvalue weighted by Crippen LogP contribution is -2.33. The van der Waals surface area contributed by atoms with Gasteiger partial charge in [0.05, 0.1) is 5.92 Å². The van der Waals surface area contributed by atoms with E-state index in [0.29, 0.717) is 5.57 Å². The molecule has 0 saturated heterocycles. The molecule has 3 heteroatoms. The van der Waals surface area contributed by atoms with Crippen LogP contribution in [0.4, 0.5) is 4.39 Å². The third kappa shape index (κ3) is 2.40. The summed E-state index contributed by atoms with van der Waals surface area (Å²) in [5.74, 6) is -1.40. The first kappa shape index (κ1) is 12.7. The summed E-state index contributed by atoms with van der Waals surface area (Å²) in [6, 6.07) is 6.11. The minimum atomic E-state index is -0.658. The lowest BCUT2D eigenvalue weighted by Gasteiger charge is -2.26. The van der Waals surface area contributed by atoms with Crippen LogP contribution in [0.25, 0.3) is 0 Å². The zero-order valence-corrected chi connectivity index (χ0v) is 10.3. The van der Waals surface area contributed by atoms with Gasteiger partial charge in [0.2, 0.25) is 0 Å². The Labute approximate surface area is 106 Å². The van der Waals surface area contributed by atoms with Gasteiger partial charge in [0.25, 0.3) is 0 Å². The van der Waals surface area contributed by atoms with E-state index in [0.717, 1.165) is 5.56 Å². The van der Waals surface area contributed by atoms with Gasteiger partial charge >= 0.3 is 0 Å². The number of carbonyl (C=O) groups is 2. The molecular formula is C15H15FO2. The summed E-state index contributed by atoms with van der Waals surface area (Å²) in [5.41, 5.74) is 1.32. The molecule has 0 N–H and O–H groups in total. The second-order valence-electron chi connectivity index (χ2n) is 4.87. The predicted octanol–water partition coefficient (Wildman–Crippen LogP) is 3.03. The Morgan fingerprint density at radius 1 is 1.28 bits per heavy atom. The Hall–Kier alpha value is -1.77. The summed E-state index contributed by atoms with van der Waals surface area (Å²) in [6.45, 7) is 5.39. The van der Waals surface area contributed by atoms with E-state index in [1.165, 1.54) is 12.1 Å². The van der Waals surface area contributed by atoms with E-state index in [4.69, 9.17) is 0 Å². The number of halogens is 1. The van der Waals surface area contributed by atoms with Crippen LogP contribution in [0.15, 0.2) is 36.4 Å². The average Bonchev–Trinajstić information content (AvgIpc) is 2.27. The molecule has 1 aromatic rings. The SMILES string of the molecule is C=C(C)C1C(=O)CC(c2cccc(F)c2)CC1=O. The number of allylic oxidation sites excluding steroid dienone is 1. The molecule has 0 radical (unpaired) electrons. The summed E-state index contributed by atoms with van der Waals surface area (Å²) in [6.07, 6.45) is 0.569. The van der Waals surface area contributed by atoms with Crippen molar-refractivity contribution in [3.63, 3.8) is 0 Å². The van der Waals surface area contributed by atoms with E-state index in [1.807, 2.05) is 0 Å². The van der Waals surface area contributed by atoms with Crippen LogP contribution in [-0.4, -0.2) is 11.6 Å². The van der Waals surface area contributed by atoms with Gasteiger partial charge in [-0.3, -0.25) is 9.59 Å². The molecule has 0 aliphatic heterocycles. The number of carbonyl (C=O) groups excluding carboxylic acids is 2. The lowest BCUT2D eigenvalue weighted by atomic mass is 9.75. The van der Waals surface area contributed by atoms with E-state index in [2.05, 4.69) is 6.58 Å². The standard InChI is InChI=1S/C15H15FO2/c1-9(2)15-13(17)7-11(8-14(15)18)10-4-3-5-12(16)6-10/h3-6,11,15H,1,7-8H2,2H3. The molecule has 2 nitrogen and oxygen atoms in total. The normalized spacial score (nSPS) is 24.1. The van der Waals surface area contributed by atoms with Gasteiger partial charge in [-0.25, -0.2) is 4.39 Å². The summed E-state index contributed by atoms with van der Waals surface area (Å²) < 4.78 is 13.1.